The Morgan fingerprint density at radius 1 is 1.38 bits per heavy atom. The number of para-hydroxylation sites is 1. The van der Waals surface area contributed by atoms with Crippen LogP contribution in [0, 0.1) is 5.41 Å². The first-order valence-electron chi connectivity index (χ1n) is 7.49. The molecule has 0 saturated carbocycles. The van der Waals surface area contributed by atoms with E-state index >= 15 is 0 Å². The zero-order chi connectivity index (χ0) is 15.9. The average Bonchev–Trinajstić information content (AvgIpc) is 2.45. The minimum Gasteiger partial charge on any atom is -0.496 e. The second-order valence-corrected chi connectivity index (χ2v) is 6.03. The molecule has 0 aliphatic rings. The summed E-state index contributed by atoms with van der Waals surface area (Å²) in [5, 5.41) is 12.5. The fourth-order valence-electron chi connectivity index (χ4n) is 2.29. The molecule has 0 aliphatic heterocycles. The van der Waals surface area contributed by atoms with Crippen molar-refractivity contribution in [2.45, 2.75) is 46.1 Å². The van der Waals surface area contributed by atoms with Crippen molar-refractivity contribution in [2.75, 3.05) is 13.7 Å². The normalized spacial score (nSPS) is 12.8. The van der Waals surface area contributed by atoms with Crippen molar-refractivity contribution in [1.82, 2.24) is 5.32 Å². The standard InChI is InChI=1S/C17H27NO3/c1-5-8-14(19)12-18-16(20)17(2,3)11-13-9-6-7-10-15(13)21-4/h6-7,9-10,14,19H,5,8,11-12H2,1-4H3,(H,18,20). The van der Waals surface area contributed by atoms with E-state index in [0.717, 1.165) is 17.7 Å². The second-order valence-electron chi connectivity index (χ2n) is 6.03. The molecule has 2 N–H and O–H groups in total. The van der Waals surface area contributed by atoms with Crippen LogP contribution >= 0.6 is 0 Å². The van der Waals surface area contributed by atoms with Crippen LogP contribution in [0.2, 0.25) is 0 Å². The van der Waals surface area contributed by atoms with Gasteiger partial charge in [0.2, 0.25) is 5.91 Å². The molecule has 1 amide bonds. The largest absolute Gasteiger partial charge is 0.496 e. The van der Waals surface area contributed by atoms with Gasteiger partial charge in [0, 0.05) is 12.0 Å². The number of amides is 1. The molecule has 0 aromatic heterocycles. The summed E-state index contributed by atoms with van der Waals surface area (Å²) in [6.07, 6.45) is 1.72. The molecule has 0 bridgehead atoms. The minimum absolute atomic E-state index is 0.0523. The van der Waals surface area contributed by atoms with E-state index in [-0.39, 0.29) is 5.91 Å². The fourth-order valence-corrected chi connectivity index (χ4v) is 2.29. The number of hydrogen-bond acceptors (Lipinski definition) is 3. The van der Waals surface area contributed by atoms with Gasteiger partial charge in [0.05, 0.1) is 13.2 Å². The summed E-state index contributed by atoms with van der Waals surface area (Å²) < 4.78 is 5.33. The van der Waals surface area contributed by atoms with Crippen LogP contribution in [-0.2, 0) is 11.2 Å². The van der Waals surface area contributed by atoms with Crippen molar-refractivity contribution in [1.29, 1.82) is 0 Å². The molecule has 1 aromatic carbocycles. The van der Waals surface area contributed by atoms with Crippen molar-refractivity contribution < 1.29 is 14.6 Å². The van der Waals surface area contributed by atoms with Gasteiger partial charge in [0.25, 0.3) is 0 Å². The molecule has 0 spiro atoms. The van der Waals surface area contributed by atoms with Crippen molar-refractivity contribution >= 4 is 5.91 Å². The van der Waals surface area contributed by atoms with Gasteiger partial charge < -0.3 is 15.2 Å². The SMILES string of the molecule is CCCC(O)CNC(=O)C(C)(C)Cc1ccccc1OC. The maximum absolute atomic E-state index is 12.3. The highest BCUT2D eigenvalue weighted by Gasteiger charge is 2.29. The smallest absolute Gasteiger partial charge is 0.226 e. The molecule has 0 radical (unpaired) electrons. The summed E-state index contributed by atoms with van der Waals surface area (Å²) in [4.78, 5) is 12.3. The molecule has 0 heterocycles. The van der Waals surface area contributed by atoms with E-state index in [1.54, 1.807) is 7.11 Å². The number of hydrogen-bond donors (Lipinski definition) is 2. The van der Waals surface area contributed by atoms with E-state index in [1.165, 1.54) is 0 Å². The van der Waals surface area contributed by atoms with Crippen LogP contribution in [-0.4, -0.2) is 30.8 Å². The highest BCUT2D eigenvalue weighted by atomic mass is 16.5. The van der Waals surface area contributed by atoms with Crippen molar-refractivity contribution in [3.8, 4) is 5.75 Å². The molecule has 4 nitrogen and oxygen atoms in total. The Morgan fingerprint density at radius 3 is 2.67 bits per heavy atom. The number of nitrogens with one attached hydrogen (secondary N) is 1. The number of benzene rings is 1. The van der Waals surface area contributed by atoms with Crippen LogP contribution in [0.5, 0.6) is 5.75 Å². The average molecular weight is 293 g/mol. The van der Waals surface area contributed by atoms with Gasteiger partial charge in [0.15, 0.2) is 0 Å². The Labute approximate surface area is 127 Å². The number of ether oxygens (including phenoxy) is 1. The summed E-state index contributed by atoms with van der Waals surface area (Å²) in [6, 6.07) is 7.72. The van der Waals surface area contributed by atoms with E-state index in [9.17, 15) is 9.90 Å². The van der Waals surface area contributed by atoms with Gasteiger partial charge in [-0.1, -0.05) is 45.4 Å². The highest BCUT2D eigenvalue weighted by molar-refractivity contribution is 5.82. The first-order chi connectivity index (χ1) is 9.90. The third-order valence-electron chi connectivity index (χ3n) is 3.56. The molecule has 21 heavy (non-hydrogen) atoms. The van der Waals surface area contributed by atoms with Gasteiger partial charge in [-0.3, -0.25) is 4.79 Å². The molecule has 1 rings (SSSR count). The van der Waals surface area contributed by atoms with E-state index < -0.39 is 11.5 Å². The van der Waals surface area contributed by atoms with Gasteiger partial charge in [-0.15, -0.1) is 0 Å². The Balaban J connectivity index is 2.65. The van der Waals surface area contributed by atoms with Gasteiger partial charge >= 0.3 is 0 Å². The summed E-state index contributed by atoms with van der Waals surface area (Å²) in [5.41, 5.74) is 0.454. The zero-order valence-corrected chi connectivity index (χ0v) is 13.5. The molecule has 0 saturated heterocycles. The van der Waals surface area contributed by atoms with Crippen molar-refractivity contribution in [3.63, 3.8) is 0 Å². The molecule has 1 atom stereocenters. The Bertz CT molecular complexity index is 457. The zero-order valence-electron chi connectivity index (χ0n) is 13.5. The number of methoxy groups -OCH3 is 1. The lowest BCUT2D eigenvalue weighted by molar-refractivity contribution is -0.129. The number of aliphatic hydroxyl groups excluding tert-OH is 1. The first kappa shape index (κ1) is 17.5. The first-order valence-corrected chi connectivity index (χ1v) is 7.49. The van der Waals surface area contributed by atoms with E-state index in [1.807, 2.05) is 45.0 Å². The Kier molecular flexibility index (Phi) is 6.69. The Hall–Kier alpha value is -1.55. The van der Waals surface area contributed by atoms with Gasteiger partial charge in [0.1, 0.15) is 5.75 Å². The highest BCUT2D eigenvalue weighted by Crippen LogP contribution is 2.27. The number of carbonyl (C=O) groups is 1. The monoisotopic (exact) mass is 293 g/mol. The third-order valence-corrected chi connectivity index (χ3v) is 3.56. The lowest BCUT2D eigenvalue weighted by atomic mass is 9.84. The van der Waals surface area contributed by atoms with Crippen LogP contribution in [0.1, 0.15) is 39.2 Å². The van der Waals surface area contributed by atoms with Crippen LogP contribution in [0.4, 0.5) is 0 Å². The van der Waals surface area contributed by atoms with Gasteiger partial charge in [-0.05, 0) is 24.5 Å². The molecule has 118 valence electrons. The van der Waals surface area contributed by atoms with Crippen molar-refractivity contribution in [2.24, 2.45) is 5.41 Å². The molecule has 1 unspecified atom stereocenters. The lowest BCUT2D eigenvalue weighted by Crippen LogP contribution is -2.41. The quantitative estimate of drug-likeness (QED) is 0.774. The maximum atomic E-state index is 12.3. The van der Waals surface area contributed by atoms with Crippen molar-refractivity contribution in [3.05, 3.63) is 29.8 Å². The number of aliphatic hydroxyl groups is 1. The molecular formula is C17H27NO3. The van der Waals surface area contributed by atoms with E-state index in [0.29, 0.717) is 19.4 Å². The number of rotatable bonds is 8. The summed E-state index contributed by atoms with van der Waals surface area (Å²) >= 11 is 0. The van der Waals surface area contributed by atoms with Crippen LogP contribution in [0.25, 0.3) is 0 Å². The van der Waals surface area contributed by atoms with Gasteiger partial charge in [-0.25, -0.2) is 0 Å². The third kappa shape index (κ3) is 5.38. The predicted molar refractivity (Wildman–Crippen MR) is 84.4 cm³/mol. The summed E-state index contributed by atoms with van der Waals surface area (Å²) in [5.74, 6) is 0.743. The second kappa shape index (κ2) is 8.03. The molecule has 4 heteroatoms. The van der Waals surface area contributed by atoms with Gasteiger partial charge in [-0.2, -0.15) is 0 Å². The number of carbonyl (C=O) groups excluding carboxylic acids is 1. The van der Waals surface area contributed by atoms with E-state index in [2.05, 4.69) is 5.32 Å². The lowest BCUT2D eigenvalue weighted by Gasteiger charge is -2.25. The summed E-state index contributed by atoms with van der Waals surface area (Å²) in [6.45, 7) is 6.13. The minimum atomic E-state index is -0.555. The predicted octanol–water partition coefficient (Wildman–Crippen LogP) is 2.54. The molecule has 0 fully saturated rings. The van der Waals surface area contributed by atoms with Crippen LogP contribution in [0.15, 0.2) is 24.3 Å². The fraction of sp³-hybridized carbons (Fsp3) is 0.588. The Morgan fingerprint density at radius 2 is 2.05 bits per heavy atom. The topological polar surface area (TPSA) is 58.6 Å². The molecule has 1 aromatic rings. The van der Waals surface area contributed by atoms with E-state index in [4.69, 9.17) is 4.74 Å². The maximum Gasteiger partial charge on any atom is 0.226 e. The molecule has 0 aliphatic carbocycles. The van der Waals surface area contributed by atoms with Crippen LogP contribution < -0.4 is 10.1 Å². The van der Waals surface area contributed by atoms with Crippen LogP contribution in [0.3, 0.4) is 0 Å². The molecular weight excluding hydrogens is 266 g/mol. The summed E-state index contributed by atoms with van der Waals surface area (Å²) in [7, 11) is 1.63.